The Labute approximate surface area is 116 Å². The summed E-state index contributed by atoms with van der Waals surface area (Å²) in [7, 11) is 0. The van der Waals surface area contributed by atoms with E-state index >= 15 is 0 Å². The number of likely N-dealkylation sites (N-methyl/N-ethyl adjacent to an activating group) is 1. The molecule has 1 N–H and O–H groups in total. The fourth-order valence-corrected chi connectivity index (χ4v) is 3.26. The largest absolute Gasteiger partial charge is 0.305 e. The van der Waals surface area contributed by atoms with Gasteiger partial charge in [-0.05, 0) is 37.4 Å². The zero-order chi connectivity index (χ0) is 13.5. The molecular weight excluding hydrogens is 240 g/mol. The van der Waals surface area contributed by atoms with Crippen molar-refractivity contribution in [3.8, 4) is 0 Å². The summed E-state index contributed by atoms with van der Waals surface area (Å²) in [6.45, 7) is 14.7. The van der Waals surface area contributed by atoms with Gasteiger partial charge in [-0.15, -0.1) is 11.3 Å². The number of nitrogens with zero attached hydrogens (tertiary/aromatic N) is 1. The smallest absolute Gasteiger partial charge is 0.0440 e. The van der Waals surface area contributed by atoms with E-state index in [9.17, 15) is 0 Å². The van der Waals surface area contributed by atoms with Crippen molar-refractivity contribution in [1.29, 1.82) is 0 Å². The highest BCUT2D eigenvalue weighted by molar-refractivity contribution is 7.10. The van der Waals surface area contributed by atoms with E-state index in [2.05, 4.69) is 62.3 Å². The van der Waals surface area contributed by atoms with E-state index in [1.807, 2.05) is 11.3 Å². The zero-order valence-corrected chi connectivity index (χ0v) is 13.3. The van der Waals surface area contributed by atoms with Crippen LogP contribution >= 0.6 is 11.3 Å². The van der Waals surface area contributed by atoms with Crippen molar-refractivity contribution >= 4 is 11.3 Å². The second kappa shape index (κ2) is 7.93. The van der Waals surface area contributed by atoms with Crippen LogP contribution in [0.3, 0.4) is 0 Å². The van der Waals surface area contributed by atoms with Crippen LogP contribution in [0.25, 0.3) is 0 Å². The van der Waals surface area contributed by atoms with Gasteiger partial charge in [-0.25, -0.2) is 0 Å². The summed E-state index contributed by atoms with van der Waals surface area (Å²) in [5.41, 5.74) is 0. The SMILES string of the molecule is CCN(CC)CC(C)NC(c1cccs1)C(C)C. The summed E-state index contributed by atoms with van der Waals surface area (Å²) in [5.74, 6) is 0.628. The molecule has 0 bridgehead atoms. The van der Waals surface area contributed by atoms with Crippen LogP contribution in [0.5, 0.6) is 0 Å². The summed E-state index contributed by atoms with van der Waals surface area (Å²) in [5, 5.41) is 5.95. The molecule has 0 aliphatic heterocycles. The van der Waals surface area contributed by atoms with Gasteiger partial charge < -0.3 is 10.2 Å². The first kappa shape index (κ1) is 15.7. The Hall–Kier alpha value is -0.380. The first-order chi connectivity index (χ1) is 8.58. The third-order valence-corrected chi connectivity index (χ3v) is 4.36. The Morgan fingerprint density at radius 3 is 2.33 bits per heavy atom. The minimum atomic E-state index is 0.482. The Bertz CT molecular complexity index is 304. The standard InChI is InChI=1S/C15H28N2S/c1-6-17(7-2)11-13(5)16-15(12(3)4)14-9-8-10-18-14/h8-10,12-13,15-16H,6-7,11H2,1-5H3. The Morgan fingerprint density at radius 1 is 1.22 bits per heavy atom. The van der Waals surface area contributed by atoms with Crippen molar-refractivity contribution in [3.63, 3.8) is 0 Å². The molecular formula is C15H28N2S. The molecule has 1 heterocycles. The third kappa shape index (κ3) is 4.71. The van der Waals surface area contributed by atoms with Gasteiger partial charge in [0.15, 0.2) is 0 Å². The first-order valence-electron chi connectivity index (χ1n) is 7.10. The Morgan fingerprint density at radius 2 is 1.89 bits per heavy atom. The van der Waals surface area contributed by atoms with Gasteiger partial charge in [0.05, 0.1) is 0 Å². The molecule has 2 unspecified atom stereocenters. The third-order valence-electron chi connectivity index (χ3n) is 3.41. The van der Waals surface area contributed by atoms with Crippen LogP contribution in [0.4, 0.5) is 0 Å². The summed E-state index contributed by atoms with van der Waals surface area (Å²) in [6, 6.07) is 5.40. The van der Waals surface area contributed by atoms with E-state index in [1.54, 1.807) is 0 Å². The number of hydrogen-bond donors (Lipinski definition) is 1. The van der Waals surface area contributed by atoms with Gasteiger partial charge in [0.25, 0.3) is 0 Å². The van der Waals surface area contributed by atoms with E-state index in [1.165, 1.54) is 4.88 Å². The zero-order valence-electron chi connectivity index (χ0n) is 12.4. The molecule has 0 saturated heterocycles. The number of hydrogen-bond acceptors (Lipinski definition) is 3. The molecule has 2 atom stereocenters. The highest BCUT2D eigenvalue weighted by Crippen LogP contribution is 2.26. The molecule has 0 aliphatic carbocycles. The van der Waals surface area contributed by atoms with Crippen molar-refractivity contribution in [2.75, 3.05) is 19.6 Å². The van der Waals surface area contributed by atoms with Crippen molar-refractivity contribution in [2.24, 2.45) is 5.92 Å². The molecule has 1 rings (SSSR count). The molecule has 1 aromatic rings. The highest BCUT2D eigenvalue weighted by atomic mass is 32.1. The van der Waals surface area contributed by atoms with Crippen LogP contribution in [0.1, 0.15) is 45.5 Å². The van der Waals surface area contributed by atoms with Crippen molar-refractivity contribution in [2.45, 2.75) is 46.7 Å². The van der Waals surface area contributed by atoms with Crippen LogP contribution in [-0.2, 0) is 0 Å². The second-order valence-corrected chi connectivity index (χ2v) is 6.27. The summed E-state index contributed by atoms with van der Waals surface area (Å²) in [4.78, 5) is 3.93. The molecule has 104 valence electrons. The van der Waals surface area contributed by atoms with E-state index in [-0.39, 0.29) is 0 Å². The predicted molar refractivity (Wildman–Crippen MR) is 82.3 cm³/mol. The minimum absolute atomic E-state index is 0.482. The fraction of sp³-hybridized carbons (Fsp3) is 0.733. The van der Waals surface area contributed by atoms with Gasteiger partial charge in [0.1, 0.15) is 0 Å². The molecule has 0 saturated carbocycles. The average Bonchev–Trinajstić information content (AvgIpc) is 2.86. The van der Waals surface area contributed by atoms with E-state index in [0.717, 1.165) is 19.6 Å². The summed E-state index contributed by atoms with van der Waals surface area (Å²) in [6.07, 6.45) is 0. The lowest BCUT2D eigenvalue weighted by Crippen LogP contribution is -2.41. The topological polar surface area (TPSA) is 15.3 Å². The number of thiophene rings is 1. The molecule has 1 aromatic heterocycles. The lowest BCUT2D eigenvalue weighted by molar-refractivity contribution is 0.251. The molecule has 0 amide bonds. The van der Waals surface area contributed by atoms with Gasteiger partial charge in [0, 0.05) is 23.5 Å². The maximum atomic E-state index is 3.79. The Kier molecular flexibility index (Phi) is 6.90. The van der Waals surface area contributed by atoms with Crippen molar-refractivity contribution in [1.82, 2.24) is 10.2 Å². The van der Waals surface area contributed by atoms with Crippen molar-refractivity contribution < 1.29 is 0 Å². The maximum Gasteiger partial charge on any atom is 0.0440 e. The van der Waals surface area contributed by atoms with Gasteiger partial charge in [-0.2, -0.15) is 0 Å². The van der Waals surface area contributed by atoms with Crippen LogP contribution in [0.2, 0.25) is 0 Å². The predicted octanol–water partition coefficient (Wildman–Crippen LogP) is 3.77. The highest BCUT2D eigenvalue weighted by Gasteiger charge is 2.19. The molecule has 2 nitrogen and oxygen atoms in total. The van der Waals surface area contributed by atoms with Crippen LogP contribution in [-0.4, -0.2) is 30.6 Å². The maximum absolute atomic E-state index is 3.79. The van der Waals surface area contributed by atoms with Crippen LogP contribution < -0.4 is 5.32 Å². The summed E-state index contributed by atoms with van der Waals surface area (Å²) >= 11 is 1.86. The lowest BCUT2D eigenvalue weighted by atomic mass is 10.0. The van der Waals surface area contributed by atoms with Gasteiger partial charge in [-0.1, -0.05) is 33.8 Å². The van der Waals surface area contributed by atoms with E-state index < -0.39 is 0 Å². The van der Waals surface area contributed by atoms with Crippen molar-refractivity contribution in [3.05, 3.63) is 22.4 Å². The molecule has 3 heteroatoms. The minimum Gasteiger partial charge on any atom is -0.305 e. The molecule has 18 heavy (non-hydrogen) atoms. The molecule has 0 fully saturated rings. The van der Waals surface area contributed by atoms with E-state index in [0.29, 0.717) is 18.0 Å². The van der Waals surface area contributed by atoms with Crippen LogP contribution in [0.15, 0.2) is 17.5 Å². The fourth-order valence-electron chi connectivity index (χ4n) is 2.30. The lowest BCUT2D eigenvalue weighted by Gasteiger charge is -2.29. The average molecular weight is 268 g/mol. The summed E-state index contributed by atoms with van der Waals surface area (Å²) < 4.78 is 0. The molecule has 0 aromatic carbocycles. The number of rotatable bonds is 8. The van der Waals surface area contributed by atoms with E-state index in [4.69, 9.17) is 0 Å². The molecule has 0 radical (unpaired) electrons. The molecule has 0 aliphatic rings. The van der Waals surface area contributed by atoms with Crippen LogP contribution in [0, 0.1) is 5.92 Å². The quantitative estimate of drug-likeness (QED) is 0.772. The van der Waals surface area contributed by atoms with Gasteiger partial charge in [-0.3, -0.25) is 0 Å². The van der Waals surface area contributed by atoms with Gasteiger partial charge >= 0.3 is 0 Å². The second-order valence-electron chi connectivity index (χ2n) is 5.29. The molecule has 0 spiro atoms. The normalized spacial score (nSPS) is 15.3. The first-order valence-corrected chi connectivity index (χ1v) is 7.98. The van der Waals surface area contributed by atoms with Gasteiger partial charge in [0.2, 0.25) is 0 Å². The monoisotopic (exact) mass is 268 g/mol. The Balaban J connectivity index is 2.56. The number of nitrogens with one attached hydrogen (secondary N) is 1.